The predicted octanol–water partition coefficient (Wildman–Crippen LogP) is 2.78. The Morgan fingerprint density at radius 3 is 2.69 bits per heavy atom. The molecule has 0 spiro atoms. The van der Waals surface area contributed by atoms with Crippen molar-refractivity contribution in [1.82, 2.24) is 9.97 Å². The van der Waals surface area contributed by atoms with Gasteiger partial charge in [-0.15, -0.1) is 11.3 Å². The summed E-state index contributed by atoms with van der Waals surface area (Å²) in [6.45, 7) is 0. The molecular weight excluding hydrogens is 204 g/mol. The van der Waals surface area contributed by atoms with Crippen molar-refractivity contribution in [3.63, 3.8) is 0 Å². The standard InChI is InChI=1S/C9H7ClN2S/c10-9-11-5-7(6-12-9)4-8-2-1-3-13-8/h1-3,5-6H,4H2. The molecule has 0 aliphatic rings. The molecule has 0 unspecified atom stereocenters. The maximum Gasteiger partial charge on any atom is 0.222 e. The second-order valence-corrected chi connectivity index (χ2v) is 3.99. The third-order valence-electron chi connectivity index (χ3n) is 1.63. The molecular formula is C9H7ClN2S. The highest BCUT2D eigenvalue weighted by Gasteiger charge is 1.98. The Morgan fingerprint density at radius 1 is 1.31 bits per heavy atom. The van der Waals surface area contributed by atoms with E-state index in [1.165, 1.54) is 4.88 Å². The van der Waals surface area contributed by atoms with E-state index in [1.807, 2.05) is 6.07 Å². The summed E-state index contributed by atoms with van der Waals surface area (Å²) >= 11 is 7.31. The number of thiophene rings is 1. The Labute approximate surface area is 85.2 Å². The van der Waals surface area contributed by atoms with Gasteiger partial charge in [0.05, 0.1) is 0 Å². The fraction of sp³-hybridized carbons (Fsp3) is 0.111. The second-order valence-electron chi connectivity index (χ2n) is 2.62. The lowest BCUT2D eigenvalue weighted by Gasteiger charge is -1.96. The normalized spacial score (nSPS) is 10.2. The first kappa shape index (κ1) is 8.66. The highest BCUT2D eigenvalue weighted by Crippen LogP contribution is 2.13. The van der Waals surface area contributed by atoms with Crippen LogP contribution in [0.2, 0.25) is 5.28 Å². The van der Waals surface area contributed by atoms with Crippen LogP contribution < -0.4 is 0 Å². The quantitative estimate of drug-likeness (QED) is 0.713. The molecule has 0 radical (unpaired) electrons. The van der Waals surface area contributed by atoms with Gasteiger partial charge in [0, 0.05) is 23.7 Å². The minimum atomic E-state index is 0.301. The lowest BCUT2D eigenvalue weighted by atomic mass is 10.2. The molecule has 0 amide bonds. The van der Waals surface area contributed by atoms with E-state index >= 15 is 0 Å². The third-order valence-corrected chi connectivity index (χ3v) is 2.70. The van der Waals surface area contributed by atoms with E-state index in [1.54, 1.807) is 23.7 Å². The molecule has 0 bridgehead atoms. The average Bonchev–Trinajstić information content (AvgIpc) is 2.62. The van der Waals surface area contributed by atoms with Crippen LogP contribution in [0.15, 0.2) is 29.9 Å². The van der Waals surface area contributed by atoms with Crippen LogP contribution in [0.1, 0.15) is 10.4 Å². The van der Waals surface area contributed by atoms with Gasteiger partial charge >= 0.3 is 0 Å². The molecule has 2 aromatic heterocycles. The van der Waals surface area contributed by atoms with Gasteiger partial charge in [0.2, 0.25) is 5.28 Å². The Hall–Kier alpha value is -0.930. The van der Waals surface area contributed by atoms with Gasteiger partial charge in [-0.05, 0) is 28.6 Å². The summed E-state index contributed by atoms with van der Waals surface area (Å²) in [4.78, 5) is 9.15. The SMILES string of the molecule is Clc1ncc(Cc2cccs2)cn1. The van der Waals surface area contributed by atoms with Gasteiger partial charge in [-0.2, -0.15) is 0 Å². The lowest BCUT2D eigenvalue weighted by Crippen LogP contribution is -1.88. The molecule has 66 valence electrons. The summed E-state index contributed by atoms with van der Waals surface area (Å²) in [5, 5.41) is 2.36. The summed E-state index contributed by atoms with van der Waals surface area (Å²) < 4.78 is 0. The first-order valence-electron chi connectivity index (χ1n) is 3.83. The number of hydrogen-bond acceptors (Lipinski definition) is 3. The van der Waals surface area contributed by atoms with Crippen molar-refractivity contribution in [3.05, 3.63) is 45.6 Å². The zero-order chi connectivity index (χ0) is 9.10. The molecule has 4 heteroatoms. The van der Waals surface area contributed by atoms with Crippen LogP contribution in [0.4, 0.5) is 0 Å². The van der Waals surface area contributed by atoms with Crippen molar-refractivity contribution in [3.8, 4) is 0 Å². The molecule has 2 aromatic rings. The molecule has 0 N–H and O–H groups in total. The Bertz CT molecular complexity index is 369. The Balaban J connectivity index is 2.15. The van der Waals surface area contributed by atoms with Crippen molar-refractivity contribution in [1.29, 1.82) is 0 Å². The number of nitrogens with zero attached hydrogens (tertiary/aromatic N) is 2. The fourth-order valence-electron chi connectivity index (χ4n) is 1.04. The van der Waals surface area contributed by atoms with E-state index in [2.05, 4.69) is 21.4 Å². The van der Waals surface area contributed by atoms with Crippen molar-refractivity contribution in [2.24, 2.45) is 0 Å². The van der Waals surface area contributed by atoms with E-state index in [9.17, 15) is 0 Å². The zero-order valence-electron chi connectivity index (χ0n) is 6.77. The fourth-order valence-corrected chi connectivity index (χ4v) is 1.88. The summed E-state index contributed by atoms with van der Waals surface area (Å²) in [7, 11) is 0. The van der Waals surface area contributed by atoms with Gasteiger partial charge < -0.3 is 0 Å². The van der Waals surface area contributed by atoms with Gasteiger partial charge in [-0.3, -0.25) is 0 Å². The lowest BCUT2D eigenvalue weighted by molar-refractivity contribution is 1.08. The molecule has 0 saturated carbocycles. The molecule has 0 fully saturated rings. The van der Waals surface area contributed by atoms with Crippen LogP contribution in [0, 0.1) is 0 Å². The highest BCUT2D eigenvalue weighted by atomic mass is 35.5. The van der Waals surface area contributed by atoms with E-state index < -0.39 is 0 Å². The Morgan fingerprint density at radius 2 is 2.08 bits per heavy atom. The minimum absolute atomic E-state index is 0.301. The molecule has 0 aliphatic heterocycles. The van der Waals surface area contributed by atoms with Crippen LogP contribution in [0.3, 0.4) is 0 Å². The molecule has 0 aromatic carbocycles. The smallest absolute Gasteiger partial charge is 0.222 e. The topological polar surface area (TPSA) is 25.8 Å². The van der Waals surface area contributed by atoms with E-state index in [4.69, 9.17) is 11.6 Å². The van der Waals surface area contributed by atoms with Crippen molar-refractivity contribution in [2.45, 2.75) is 6.42 Å². The summed E-state index contributed by atoms with van der Waals surface area (Å²) in [5.41, 5.74) is 1.09. The number of aromatic nitrogens is 2. The number of rotatable bonds is 2. The van der Waals surface area contributed by atoms with Crippen LogP contribution in [-0.2, 0) is 6.42 Å². The maximum absolute atomic E-state index is 5.57. The van der Waals surface area contributed by atoms with Crippen LogP contribution >= 0.6 is 22.9 Å². The zero-order valence-corrected chi connectivity index (χ0v) is 8.35. The summed E-state index contributed by atoms with van der Waals surface area (Å²) in [6, 6.07) is 4.13. The van der Waals surface area contributed by atoms with E-state index in [0.717, 1.165) is 12.0 Å². The number of hydrogen-bond donors (Lipinski definition) is 0. The van der Waals surface area contributed by atoms with Gasteiger partial charge in [0.15, 0.2) is 0 Å². The highest BCUT2D eigenvalue weighted by molar-refractivity contribution is 7.09. The van der Waals surface area contributed by atoms with Crippen LogP contribution in [0.5, 0.6) is 0 Å². The minimum Gasteiger partial charge on any atom is -0.226 e. The molecule has 2 rings (SSSR count). The molecule has 0 aliphatic carbocycles. The second kappa shape index (κ2) is 3.85. The molecule has 2 heterocycles. The largest absolute Gasteiger partial charge is 0.226 e. The van der Waals surface area contributed by atoms with Gasteiger partial charge in [-0.1, -0.05) is 6.07 Å². The predicted molar refractivity (Wildman–Crippen MR) is 54.2 cm³/mol. The maximum atomic E-state index is 5.57. The van der Waals surface area contributed by atoms with Gasteiger partial charge in [-0.25, -0.2) is 9.97 Å². The molecule has 0 saturated heterocycles. The van der Waals surface area contributed by atoms with Crippen LogP contribution in [-0.4, -0.2) is 9.97 Å². The van der Waals surface area contributed by atoms with Gasteiger partial charge in [0.25, 0.3) is 0 Å². The van der Waals surface area contributed by atoms with E-state index in [0.29, 0.717) is 5.28 Å². The molecule has 0 atom stereocenters. The first-order valence-corrected chi connectivity index (χ1v) is 5.09. The van der Waals surface area contributed by atoms with Gasteiger partial charge in [0.1, 0.15) is 0 Å². The van der Waals surface area contributed by atoms with Crippen molar-refractivity contribution >= 4 is 22.9 Å². The Kier molecular flexibility index (Phi) is 2.57. The summed E-state index contributed by atoms with van der Waals surface area (Å²) in [6.07, 6.45) is 4.40. The summed E-state index contributed by atoms with van der Waals surface area (Å²) in [5.74, 6) is 0. The van der Waals surface area contributed by atoms with Crippen molar-refractivity contribution in [2.75, 3.05) is 0 Å². The van der Waals surface area contributed by atoms with Crippen molar-refractivity contribution < 1.29 is 0 Å². The average molecular weight is 211 g/mol. The first-order chi connectivity index (χ1) is 6.34. The molecule has 13 heavy (non-hydrogen) atoms. The third kappa shape index (κ3) is 2.26. The number of halogens is 1. The van der Waals surface area contributed by atoms with E-state index in [-0.39, 0.29) is 0 Å². The van der Waals surface area contributed by atoms with Crippen LogP contribution in [0.25, 0.3) is 0 Å². The monoisotopic (exact) mass is 210 g/mol. The molecule has 2 nitrogen and oxygen atoms in total.